The van der Waals surface area contributed by atoms with Gasteiger partial charge in [-0.3, -0.25) is 4.90 Å². The Bertz CT molecular complexity index is 1200. The Kier molecular flexibility index (Phi) is 6.39. The summed E-state index contributed by atoms with van der Waals surface area (Å²) in [6, 6.07) is -0.370. The average Bonchev–Trinajstić information content (AvgIpc) is 3.43. The summed E-state index contributed by atoms with van der Waals surface area (Å²) >= 11 is 6.86. The van der Waals surface area contributed by atoms with Gasteiger partial charge in [-0.2, -0.15) is 0 Å². The van der Waals surface area contributed by atoms with Crippen LogP contribution in [-0.4, -0.2) is 44.4 Å². The third-order valence-corrected chi connectivity index (χ3v) is 8.37. The van der Waals surface area contributed by atoms with Gasteiger partial charge in [0, 0.05) is 33.5 Å². The van der Waals surface area contributed by atoms with E-state index < -0.39 is 23.4 Å². The van der Waals surface area contributed by atoms with Crippen LogP contribution in [0.3, 0.4) is 0 Å². The molecule has 4 rings (SSSR count). The van der Waals surface area contributed by atoms with Crippen molar-refractivity contribution in [3.05, 3.63) is 27.3 Å². The fourth-order valence-electron chi connectivity index (χ4n) is 3.76. The molecular weight excluding hydrogens is 526 g/mol. The van der Waals surface area contributed by atoms with Gasteiger partial charge in [0.2, 0.25) is 0 Å². The van der Waals surface area contributed by atoms with Gasteiger partial charge in [0.05, 0.1) is 21.1 Å². The summed E-state index contributed by atoms with van der Waals surface area (Å²) in [6.45, 7) is 11.6. The van der Waals surface area contributed by atoms with Crippen LogP contribution in [0.25, 0.3) is 20.7 Å². The normalized spacial score (nSPS) is 17.1. The number of amides is 1. The highest BCUT2D eigenvalue weighted by molar-refractivity contribution is 9.10. The Hall–Kier alpha value is -1.91. The Morgan fingerprint density at radius 2 is 1.67 bits per heavy atom. The zero-order valence-electron chi connectivity index (χ0n) is 19.6. The molecule has 0 saturated carbocycles. The van der Waals surface area contributed by atoms with Crippen molar-refractivity contribution in [3.8, 4) is 11.3 Å². The summed E-state index contributed by atoms with van der Waals surface area (Å²) in [4.78, 5) is 32.6. The first-order chi connectivity index (χ1) is 15.3. The lowest BCUT2D eigenvalue weighted by Crippen LogP contribution is -2.38. The van der Waals surface area contributed by atoms with Crippen molar-refractivity contribution in [2.24, 2.45) is 0 Å². The monoisotopic (exact) mass is 553 g/mol. The molecule has 0 aliphatic carbocycles. The lowest BCUT2D eigenvalue weighted by Gasteiger charge is -2.28. The van der Waals surface area contributed by atoms with Gasteiger partial charge in [0.15, 0.2) is 0 Å². The fourth-order valence-corrected chi connectivity index (χ4v) is 6.80. The summed E-state index contributed by atoms with van der Waals surface area (Å²) < 4.78 is 16.1. The Morgan fingerprint density at radius 1 is 1.03 bits per heavy atom. The van der Waals surface area contributed by atoms with Crippen molar-refractivity contribution in [2.45, 2.75) is 71.6 Å². The van der Waals surface area contributed by atoms with Crippen molar-refractivity contribution in [2.75, 3.05) is 6.54 Å². The number of halogens is 1. The van der Waals surface area contributed by atoms with Crippen molar-refractivity contribution in [1.82, 2.24) is 14.5 Å². The van der Waals surface area contributed by atoms with Gasteiger partial charge in [-0.05, 0) is 70.3 Å². The SMILES string of the molecule is CC(C)(C)OC(=O)N1CCC[C@@H]1c1nc(-c2csc3c(Br)csc23)cn1C(=O)OC(C)(C)C. The Balaban J connectivity index is 1.77. The molecule has 1 fully saturated rings. The number of imidazole rings is 1. The molecule has 1 amide bonds. The van der Waals surface area contributed by atoms with Gasteiger partial charge in [0.1, 0.15) is 17.0 Å². The van der Waals surface area contributed by atoms with E-state index in [9.17, 15) is 9.59 Å². The van der Waals surface area contributed by atoms with Gasteiger partial charge in [-0.15, -0.1) is 22.7 Å². The summed E-state index contributed by atoms with van der Waals surface area (Å²) in [5.41, 5.74) is 0.391. The van der Waals surface area contributed by atoms with E-state index in [1.54, 1.807) is 33.8 Å². The molecule has 1 saturated heterocycles. The molecule has 4 heterocycles. The van der Waals surface area contributed by atoms with Crippen LogP contribution in [-0.2, 0) is 9.47 Å². The second kappa shape index (κ2) is 8.70. The molecule has 33 heavy (non-hydrogen) atoms. The van der Waals surface area contributed by atoms with Gasteiger partial charge < -0.3 is 9.47 Å². The van der Waals surface area contributed by atoms with Gasteiger partial charge in [0.25, 0.3) is 0 Å². The lowest BCUT2D eigenvalue weighted by atomic mass is 10.2. The van der Waals surface area contributed by atoms with E-state index in [-0.39, 0.29) is 6.04 Å². The first-order valence-corrected chi connectivity index (χ1v) is 13.4. The van der Waals surface area contributed by atoms with Crippen LogP contribution in [0.5, 0.6) is 0 Å². The maximum absolute atomic E-state index is 13.2. The molecular formula is C23H28BrN3O4S2. The molecule has 0 radical (unpaired) electrons. The number of thiophene rings is 2. The first-order valence-electron chi connectivity index (χ1n) is 10.8. The highest BCUT2D eigenvalue weighted by Gasteiger charge is 2.37. The van der Waals surface area contributed by atoms with Crippen LogP contribution < -0.4 is 0 Å². The molecule has 0 bridgehead atoms. The lowest BCUT2D eigenvalue weighted by molar-refractivity contribution is 0.0207. The second-order valence-corrected chi connectivity index (χ2v) is 12.7. The number of hydrogen-bond donors (Lipinski definition) is 0. The number of aromatic nitrogens is 2. The Morgan fingerprint density at radius 3 is 2.33 bits per heavy atom. The minimum Gasteiger partial charge on any atom is -0.444 e. The smallest absolute Gasteiger partial charge is 0.420 e. The van der Waals surface area contributed by atoms with E-state index in [1.165, 1.54) is 4.57 Å². The highest BCUT2D eigenvalue weighted by atomic mass is 79.9. The number of likely N-dealkylation sites (tertiary alicyclic amines) is 1. The van der Waals surface area contributed by atoms with Crippen LogP contribution in [0.15, 0.2) is 21.4 Å². The minimum absolute atomic E-state index is 0.370. The quantitative estimate of drug-likeness (QED) is 0.329. The number of nitrogens with zero attached hydrogens (tertiary/aromatic N) is 3. The number of carbonyl (C=O) groups is 2. The highest BCUT2D eigenvalue weighted by Crippen LogP contribution is 2.43. The van der Waals surface area contributed by atoms with Crippen molar-refractivity contribution < 1.29 is 19.1 Å². The molecule has 1 aliphatic rings. The van der Waals surface area contributed by atoms with E-state index in [4.69, 9.17) is 14.5 Å². The predicted octanol–water partition coefficient (Wildman–Crippen LogP) is 7.44. The van der Waals surface area contributed by atoms with E-state index >= 15 is 0 Å². The third-order valence-electron chi connectivity index (χ3n) is 5.02. The molecule has 1 aliphatic heterocycles. The summed E-state index contributed by atoms with van der Waals surface area (Å²) in [7, 11) is 0. The molecule has 3 aromatic heterocycles. The number of ether oxygens (including phenoxy) is 2. The van der Waals surface area contributed by atoms with Crippen LogP contribution >= 0.6 is 38.6 Å². The van der Waals surface area contributed by atoms with Crippen molar-refractivity contribution in [1.29, 1.82) is 0 Å². The van der Waals surface area contributed by atoms with E-state index in [0.29, 0.717) is 24.5 Å². The molecule has 0 aromatic carbocycles. The van der Waals surface area contributed by atoms with Crippen LogP contribution in [0.1, 0.15) is 66.3 Å². The maximum atomic E-state index is 13.2. The number of rotatable bonds is 2. The molecule has 3 aromatic rings. The average molecular weight is 555 g/mol. The largest absolute Gasteiger partial charge is 0.444 e. The van der Waals surface area contributed by atoms with Gasteiger partial charge >= 0.3 is 12.2 Å². The molecule has 178 valence electrons. The fraction of sp³-hybridized carbons (Fsp3) is 0.522. The summed E-state index contributed by atoms with van der Waals surface area (Å²) in [5.74, 6) is 0.498. The van der Waals surface area contributed by atoms with E-state index in [2.05, 4.69) is 26.7 Å². The summed E-state index contributed by atoms with van der Waals surface area (Å²) in [5, 5.41) is 4.11. The van der Waals surface area contributed by atoms with E-state index in [0.717, 1.165) is 25.9 Å². The standard InChI is InChI=1S/C23H28BrN3O4S2/c1-22(2,3)30-20(28)26-9-7-8-16(26)19-25-15(10-27(19)21(29)31-23(4,5)6)13-11-32-18-14(24)12-33-17(13)18/h10-12,16H,7-9H2,1-6H3/t16-/m1/s1. The zero-order valence-corrected chi connectivity index (χ0v) is 22.8. The zero-order chi connectivity index (χ0) is 24.1. The summed E-state index contributed by atoms with van der Waals surface area (Å²) in [6.07, 6.45) is 2.32. The molecule has 0 spiro atoms. The van der Waals surface area contributed by atoms with E-state index in [1.807, 2.05) is 41.5 Å². The molecule has 1 atom stereocenters. The van der Waals surface area contributed by atoms with Crippen LogP contribution in [0, 0.1) is 0 Å². The van der Waals surface area contributed by atoms with Crippen LogP contribution in [0.4, 0.5) is 9.59 Å². The maximum Gasteiger partial charge on any atom is 0.420 e. The number of hydrogen-bond acceptors (Lipinski definition) is 7. The van der Waals surface area contributed by atoms with Crippen molar-refractivity contribution in [3.63, 3.8) is 0 Å². The van der Waals surface area contributed by atoms with Gasteiger partial charge in [-0.1, -0.05) is 0 Å². The van der Waals surface area contributed by atoms with Crippen molar-refractivity contribution >= 4 is 60.2 Å². The predicted molar refractivity (Wildman–Crippen MR) is 135 cm³/mol. The second-order valence-electron chi connectivity index (χ2n) is 10.1. The first kappa shape index (κ1) is 24.2. The molecule has 0 unspecified atom stereocenters. The topological polar surface area (TPSA) is 73.7 Å². The number of fused-ring (bicyclic) bond motifs is 1. The van der Waals surface area contributed by atoms with Gasteiger partial charge in [-0.25, -0.2) is 19.1 Å². The third kappa shape index (κ3) is 5.12. The molecule has 0 N–H and O–H groups in total. The number of carbonyl (C=O) groups excluding carboxylic acids is 2. The Labute approximate surface area is 209 Å². The molecule has 10 heteroatoms. The van der Waals surface area contributed by atoms with Crippen LogP contribution in [0.2, 0.25) is 0 Å². The molecule has 7 nitrogen and oxygen atoms in total. The minimum atomic E-state index is -0.659.